The lowest BCUT2D eigenvalue weighted by atomic mass is 10.0. The molecule has 1 atom stereocenters. The van der Waals surface area contributed by atoms with Crippen LogP contribution in [0, 0.1) is 6.92 Å². The molecule has 0 bridgehead atoms. The number of oxazole rings is 1. The normalized spacial score (nSPS) is 11.2. The number of carbonyl (C=O) groups is 2. The van der Waals surface area contributed by atoms with E-state index < -0.39 is 0 Å². The first-order valence-corrected chi connectivity index (χ1v) is 10.9. The van der Waals surface area contributed by atoms with Crippen molar-refractivity contribution in [2.75, 3.05) is 6.61 Å². The number of nitrogens with zero attached hydrogens (tertiary/aromatic N) is 1. The molecular weight excluding hydrogens is 428 g/mol. The summed E-state index contributed by atoms with van der Waals surface area (Å²) in [5, 5.41) is 3.43. The van der Waals surface area contributed by atoms with Gasteiger partial charge in [-0.3, -0.25) is 9.59 Å². The molecule has 7 heteroatoms. The summed E-state index contributed by atoms with van der Waals surface area (Å²) in [4.78, 5) is 26.9. The zero-order valence-electron chi connectivity index (χ0n) is 18.9. The number of rotatable bonds is 7. The molecule has 1 amide bonds. The summed E-state index contributed by atoms with van der Waals surface area (Å²) in [6.07, 6.45) is 2.14. The fourth-order valence-corrected chi connectivity index (χ4v) is 3.00. The Kier molecular flexibility index (Phi) is 9.95. The molecule has 1 N–H and O–H groups in total. The van der Waals surface area contributed by atoms with Crippen molar-refractivity contribution in [2.45, 2.75) is 46.6 Å². The van der Waals surface area contributed by atoms with Gasteiger partial charge in [0, 0.05) is 17.5 Å². The average Bonchev–Trinajstić information content (AvgIpc) is 3.24. The number of halogens is 1. The van der Waals surface area contributed by atoms with Gasteiger partial charge in [-0.25, -0.2) is 4.98 Å². The van der Waals surface area contributed by atoms with E-state index in [-0.39, 0.29) is 30.1 Å². The van der Waals surface area contributed by atoms with Gasteiger partial charge in [-0.05, 0) is 44.0 Å². The van der Waals surface area contributed by atoms with Gasteiger partial charge in [-0.2, -0.15) is 0 Å². The van der Waals surface area contributed by atoms with Crippen LogP contribution in [0.2, 0.25) is 5.02 Å². The van der Waals surface area contributed by atoms with Crippen LogP contribution in [0.1, 0.15) is 49.2 Å². The summed E-state index contributed by atoms with van der Waals surface area (Å²) >= 11 is 5.93. The van der Waals surface area contributed by atoms with Gasteiger partial charge in [0.05, 0.1) is 19.2 Å². The highest BCUT2D eigenvalue weighted by atomic mass is 35.5. The third-order valence-electron chi connectivity index (χ3n) is 4.44. The molecule has 6 nitrogen and oxygen atoms in total. The van der Waals surface area contributed by atoms with Crippen LogP contribution in [-0.2, 0) is 16.0 Å². The molecule has 1 unspecified atom stereocenters. The second kappa shape index (κ2) is 12.7. The fraction of sp³-hybridized carbons (Fsp3) is 0.320. The lowest BCUT2D eigenvalue weighted by molar-refractivity contribution is -0.143. The maximum absolute atomic E-state index is 11.7. The Morgan fingerprint density at radius 2 is 1.84 bits per heavy atom. The number of aryl methyl sites for hydroxylation is 2. The SMILES string of the molecule is CCOC(=O)CC(C)NC(=O)c1cnc(CC)o1.Cc1ccc(-c2cccc(Cl)c2)cc1. The number of hydrogen-bond donors (Lipinski definition) is 1. The van der Waals surface area contributed by atoms with Gasteiger partial charge in [0.15, 0.2) is 5.89 Å². The third kappa shape index (κ3) is 8.19. The van der Waals surface area contributed by atoms with Crippen LogP contribution in [0.4, 0.5) is 0 Å². The van der Waals surface area contributed by atoms with Crippen LogP contribution in [-0.4, -0.2) is 29.5 Å². The Labute approximate surface area is 194 Å². The number of nitrogens with one attached hydrogen (secondary N) is 1. The van der Waals surface area contributed by atoms with Gasteiger partial charge in [0.2, 0.25) is 5.76 Å². The van der Waals surface area contributed by atoms with Crippen molar-refractivity contribution >= 4 is 23.5 Å². The summed E-state index contributed by atoms with van der Waals surface area (Å²) in [5.74, 6) is -0.0446. The average molecular weight is 457 g/mol. The Morgan fingerprint density at radius 3 is 2.44 bits per heavy atom. The topological polar surface area (TPSA) is 81.4 Å². The highest BCUT2D eigenvalue weighted by Gasteiger charge is 2.16. The Balaban J connectivity index is 0.000000233. The molecular formula is C25H29ClN2O4. The van der Waals surface area contributed by atoms with Gasteiger partial charge in [-0.1, -0.05) is 60.5 Å². The quantitative estimate of drug-likeness (QED) is 0.466. The zero-order chi connectivity index (χ0) is 23.5. The molecule has 32 heavy (non-hydrogen) atoms. The number of benzene rings is 2. The maximum atomic E-state index is 11.7. The first-order valence-electron chi connectivity index (χ1n) is 10.6. The predicted octanol–water partition coefficient (Wildman–Crippen LogP) is 5.62. The van der Waals surface area contributed by atoms with Crippen LogP contribution >= 0.6 is 11.6 Å². The highest BCUT2D eigenvalue weighted by molar-refractivity contribution is 6.30. The largest absolute Gasteiger partial charge is 0.466 e. The molecule has 0 aliphatic rings. The van der Waals surface area contributed by atoms with E-state index in [4.69, 9.17) is 20.8 Å². The predicted molar refractivity (Wildman–Crippen MR) is 126 cm³/mol. The van der Waals surface area contributed by atoms with Gasteiger partial charge in [-0.15, -0.1) is 0 Å². The smallest absolute Gasteiger partial charge is 0.307 e. The van der Waals surface area contributed by atoms with E-state index >= 15 is 0 Å². The molecule has 0 spiro atoms. The number of esters is 1. The molecule has 0 radical (unpaired) electrons. The van der Waals surface area contributed by atoms with Crippen LogP contribution in [0.5, 0.6) is 0 Å². The van der Waals surface area contributed by atoms with Gasteiger partial charge in [0.1, 0.15) is 0 Å². The Bertz CT molecular complexity index is 1010. The molecule has 0 saturated heterocycles. The molecule has 1 aromatic heterocycles. The number of hydrogen-bond acceptors (Lipinski definition) is 5. The Morgan fingerprint density at radius 1 is 1.12 bits per heavy atom. The van der Waals surface area contributed by atoms with E-state index in [1.54, 1.807) is 13.8 Å². The van der Waals surface area contributed by atoms with E-state index in [0.717, 1.165) is 10.6 Å². The molecule has 0 fully saturated rings. The molecule has 2 aromatic carbocycles. The monoisotopic (exact) mass is 456 g/mol. The third-order valence-corrected chi connectivity index (χ3v) is 4.68. The van der Waals surface area contributed by atoms with Crippen LogP contribution in [0.15, 0.2) is 59.1 Å². The van der Waals surface area contributed by atoms with E-state index in [0.29, 0.717) is 18.9 Å². The van der Waals surface area contributed by atoms with Crippen molar-refractivity contribution in [3.05, 3.63) is 77.0 Å². The number of amides is 1. The minimum absolute atomic E-state index is 0.133. The van der Waals surface area contributed by atoms with Crippen LogP contribution < -0.4 is 5.32 Å². The summed E-state index contributed by atoms with van der Waals surface area (Å²) in [6, 6.07) is 16.0. The molecule has 3 rings (SSSR count). The standard InChI is InChI=1S/C13H11Cl.C12H18N2O4/c1-10-5-7-11(8-6-10)12-3-2-4-13(14)9-12;1-4-10-13-7-9(18-10)12(16)14-8(3)6-11(15)17-5-2/h2-9H,1H3;7-8H,4-6H2,1-3H3,(H,14,16). The second-order valence-corrected chi connectivity index (χ2v) is 7.67. The molecule has 1 heterocycles. The lowest BCUT2D eigenvalue weighted by Crippen LogP contribution is -2.34. The summed E-state index contributed by atoms with van der Waals surface area (Å²) in [5.41, 5.74) is 3.64. The van der Waals surface area contributed by atoms with Crippen molar-refractivity contribution in [2.24, 2.45) is 0 Å². The van der Waals surface area contributed by atoms with E-state index in [1.165, 1.54) is 17.3 Å². The maximum Gasteiger partial charge on any atom is 0.307 e. The lowest BCUT2D eigenvalue weighted by Gasteiger charge is -2.11. The van der Waals surface area contributed by atoms with Crippen molar-refractivity contribution in [3.63, 3.8) is 0 Å². The molecule has 0 aliphatic carbocycles. The zero-order valence-corrected chi connectivity index (χ0v) is 19.6. The van der Waals surface area contributed by atoms with Crippen molar-refractivity contribution in [3.8, 4) is 11.1 Å². The summed E-state index contributed by atoms with van der Waals surface area (Å²) in [6.45, 7) is 7.77. The molecule has 3 aromatic rings. The Hall–Kier alpha value is -3.12. The number of aromatic nitrogens is 1. The van der Waals surface area contributed by atoms with Gasteiger partial charge >= 0.3 is 5.97 Å². The minimum atomic E-state index is -0.376. The molecule has 170 valence electrons. The minimum Gasteiger partial charge on any atom is -0.466 e. The first kappa shape index (κ1) is 25.1. The second-order valence-electron chi connectivity index (χ2n) is 7.23. The van der Waals surface area contributed by atoms with Crippen molar-refractivity contribution in [1.29, 1.82) is 0 Å². The summed E-state index contributed by atoms with van der Waals surface area (Å²) < 4.78 is 10.0. The fourth-order valence-electron chi connectivity index (χ4n) is 2.81. The first-order chi connectivity index (χ1) is 15.3. The van der Waals surface area contributed by atoms with E-state index in [2.05, 4.69) is 47.6 Å². The van der Waals surface area contributed by atoms with Crippen LogP contribution in [0.3, 0.4) is 0 Å². The highest BCUT2D eigenvalue weighted by Crippen LogP contribution is 2.22. The number of ether oxygens (including phenoxy) is 1. The van der Waals surface area contributed by atoms with Crippen molar-refractivity contribution in [1.82, 2.24) is 10.3 Å². The summed E-state index contributed by atoms with van der Waals surface area (Å²) in [7, 11) is 0. The van der Waals surface area contributed by atoms with E-state index in [9.17, 15) is 9.59 Å². The van der Waals surface area contributed by atoms with E-state index in [1.807, 2.05) is 25.1 Å². The van der Waals surface area contributed by atoms with Gasteiger partial charge < -0.3 is 14.5 Å². The van der Waals surface area contributed by atoms with Crippen molar-refractivity contribution < 1.29 is 18.7 Å². The molecule has 0 saturated carbocycles. The molecule has 0 aliphatic heterocycles. The van der Waals surface area contributed by atoms with Gasteiger partial charge in [0.25, 0.3) is 5.91 Å². The van der Waals surface area contributed by atoms with Crippen LogP contribution in [0.25, 0.3) is 11.1 Å². The number of carbonyl (C=O) groups excluding carboxylic acids is 2.